The highest BCUT2D eigenvalue weighted by Crippen LogP contribution is 2.29. The fourth-order valence-electron chi connectivity index (χ4n) is 1.82. The van der Waals surface area contributed by atoms with Gasteiger partial charge in [-0.15, -0.1) is 0 Å². The van der Waals surface area contributed by atoms with Gasteiger partial charge in [-0.2, -0.15) is 0 Å². The quantitative estimate of drug-likeness (QED) is 0.484. The average Bonchev–Trinajstić information content (AvgIpc) is 2.68. The lowest BCUT2D eigenvalue weighted by molar-refractivity contribution is -0.117. The Bertz CT molecular complexity index is 527. The van der Waals surface area contributed by atoms with Gasteiger partial charge in [-0.25, -0.2) is 9.97 Å². The van der Waals surface area contributed by atoms with Gasteiger partial charge in [-0.1, -0.05) is 35.1 Å². The van der Waals surface area contributed by atoms with Crippen LogP contribution in [0, 0.1) is 0 Å². The lowest BCUT2D eigenvalue weighted by Crippen LogP contribution is -2.26. The molecule has 8 heteroatoms. The molecular weight excluding hydrogens is 306 g/mol. The Labute approximate surface area is 124 Å². The Balaban J connectivity index is 2.20. The number of anilines is 1. The molecule has 0 aromatic carbocycles. The normalized spacial score (nSPS) is 19.0. The van der Waals surface area contributed by atoms with Crippen molar-refractivity contribution in [3.63, 3.8) is 0 Å². The second kappa shape index (κ2) is 6.11. The molecule has 0 N–H and O–H groups in total. The van der Waals surface area contributed by atoms with E-state index < -0.39 is 0 Å². The van der Waals surface area contributed by atoms with Crippen molar-refractivity contribution in [3.8, 4) is 0 Å². The van der Waals surface area contributed by atoms with Crippen molar-refractivity contribution in [3.05, 3.63) is 11.2 Å². The van der Waals surface area contributed by atoms with Crippen LogP contribution in [0.4, 0.5) is 5.82 Å². The number of amides is 1. The summed E-state index contributed by atoms with van der Waals surface area (Å²) in [5.74, 6) is 0.460. The first-order chi connectivity index (χ1) is 8.99. The Kier molecular flexibility index (Phi) is 4.70. The van der Waals surface area contributed by atoms with E-state index in [1.807, 2.05) is 6.26 Å². The van der Waals surface area contributed by atoms with E-state index in [9.17, 15) is 9.59 Å². The summed E-state index contributed by atoms with van der Waals surface area (Å²) in [4.78, 5) is 32.9. The van der Waals surface area contributed by atoms with Gasteiger partial charge < -0.3 is 0 Å². The summed E-state index contributed by atoms with van der Waals surface area (Å²) < 4.78 is 0. The third-order valence-electron chi connectivity index (χ3n) is 2.54. The van der Waals surface area contributed by atoms with E-state index >= 15 is 0 Å². The predicted octanol–water partition coefficient (Wildman–Crippen LogP) is 2.24. The van der Waals surface area contributed by atoms with Gasteiger partial charge in [0.25, 0.3) is 0 Å². The van der Waals surface area contributed by atoms with Gasteiger partial charge in [0.05, 0.1) is 0 Å². The number of halogens is 1. The van der Waals surface area contributed by atoms with E-state index in [-0.39, 0.29) is 16.3 Å². The molecule has 1 aromatic rings. The summed E-state index contributed by atoms with van der Waals surface area (Å²) in [7, 11) is 0. The summed E-state index contributed by atoms with van der Waals surface area (Å²) >= 11 is 8.47. The van der Waals surface area contributed by atoms with Gasteiger partial charge in [0.2, 0.25) is 5.91 Å². The number of carbonyl (C=O) groups excluding carboxylic acids is 2. The predicted molar refractivity (Wildman–Crippen MR) is 77.9 cm³/mol. The van der Waals surface area contributed by atoms with E-state index in [1.165, 1.54) is 30.4 Å². The number of hydrogen-bond acceptors (Lipinski definition) is 6. The van der Waals surface area contributed by atoms with Crippen molar-refractivity contribution in [1.82, 2.24) is 9.97 Å². The average molecular weight is 318 g/mol. The van der Waals surface area contributed by atoms with Crippen molar-refractivity contribution in [1.29, 1.82) is 0 Å². The fraction of sp³-hybridized carbons (Fsp3) is 0.455. The second-order valence-electron chi connectivity index (χ2n) is 3.98. The largest absolute Gasteiger partial charge is 0.295 e. The van der Waals surface area contributed by atoms with Crippen molar-refractivity contribution in [2.45, 2.75) is 23.8 Å². The number of nitrogens with zero attached hydrogens (tertiary/aromatic N) is 3. The molecule has 19 heavy (non-hydrogen) atoms. The Hall–Kier alpha value is -0.790. The molecule has 102 valence electrons. The highest BCUT2D eigenvalue weighted by molar-refractivity contribution is 8.14. The maximum absolute atomic E-state index is 12.0. The molecule has 1 aliphatic rings. The molecule has 0 spiro atoms. The molecule has 2 heterocycles. The number of thioether (sulfide) groups is 2. The summed E-state index contributed by atoms with van der Waals surface area (Å²) in [6.07, 6.45) is 2.19. The highest BCUT2D eigenvalue weighted by Gasteiger charge is 2.33. The molecule has 1 aromatic heterocycles. The highest BCUT2D eigenvalue weighted by atomic mass is 35.5. The minimum atomic E-state index is -0.0411. The molecule has 1 aliphatic heterocycles. The molecule has 2 rings (SSSR count). The minimum Gasteiger partial charge on any atom is -0.295 e. The molecule has 1 saturated heterocycles. The van der Waals surface area contributed by atoms with Crippen LogP contribution in [0.5, 0.6) is 0 Å². The van der Waals surface area contributed by atoms with Crippen molar-refractivity contribution in [2.75, 3.05) is 17.7 Å². The van der Waals surface area contributed by atoms with Crippen LogP contribution in [0.25, 0.3) is 0 Å². The molecule has 0 bridgehead atoms. The SMILES string of the molecule is CSc1nc(Cl)cc(N2CC(SC(C)=O)CC2=O)n1. The lowest BCUT2D eigenvalue weighted by Gasteiger charge is -2.15. The third-order valence-corrected chi connectivity index (χ3v) is 4.26. The molecule has 1 amide bonds. The van der Waals surface area contributed by atoms with Crippen LogP contribution in [-0.2, 0) is 9.59 Å². The van der Waals surface area contributed by atoms with Crippen molar-refractivity contribution in [2.24, 2.45) is 0 Å². The molecule has 0 saturated carbocycles. The van der Waals surface area contributed by atoms with Crippen molar-refractivity contribution >= 4 is 52.0 Å². The van der Waals surface area contributed by atoms with E-state index in [2.05, 4.69) is 9.97 Å². The zero-order chi connectivity index (χ0) is 14.0. The topological polar surface area (TPSA) is 63.2 Å². The monoisotopic (exact) mass is 317 g/mol. The Morgan fingerprint density at radius 2 is 2.26 bits per heavy atom. The van der Waals surface area contributed by atoms with Gasteiger partial charge in [-0.3, -0.25) is 14.5 Å². The lowest BCUT2D eigenvalue weighted by atomic mass is 10.4. The maximum atomic E-state index is 12.0. The zero-order valence-corrected chi connectivity index (χ0v) is 12.8. The van der Waals surface area contributed by atoms with Gasteiger partial charge in [0, 0.05) is 31.2 Å². The van der Waals surface area contributed by atoms with Gasteiger partial charge >= 0.3 is 0 Å². The van der Waals surface area contributed by atoms with Crippen LogP contribution in [0.2, 0.25) is 5.15 Å². The Morgan fingerprint density at radius 1 is 1.53 bits per heavy atom. The first kappa shape index (κ1) is 14.6. The number of aromatic nitrogens is 2. The molecule has 0 radical (unpaired) electrons. The van der Waals surface area contributed by atoms with E-state index in [0.717, 1.165) is 0 Å². The van der Waals surface area contributed by atoms with Gasteiger partial charge in [0.15, 0.2) is 10.3 Å². The minimum absolute atomic E-state index is 0.0172. The number of rotatable bonds is 3. The molecule has 1 fully saturated rings. The second-order valence-corrected chi connectivity index (χ2v) is 6.61. The molecule has 1 atom stereocenters. The van der Waals surface area contributed by atoms with E-state index in [0.29, 0.717) is 29.1 Å². The molecule has 5 nitrogen and oxygen atoms in total. The molecule has 1 unspecified atom stereocenters. The molecular formula is C11H12ClN3O2S2. The van der Waals surface area contributed by atoms with Gasteiger partial charge in [0.1, 0.15) is 11.0 Å². The smallest absolute Gasteiger partial charge is 0.229 e. The van der Waals surface area contributed by atoms with Crippen LogP contribution < -0.4 is 4.90 Å². The van der Waals surface area contributed by atoms with E-state index in [4.69, 9.17) is 11.6 Å². The summed E-state index contributed by atoms with van der Waals surface area (Å²) in [6, 6.07) is 1.57. The van der Waals surface area contributed by atoms with Gasteiger partial charge in [-0.05, 0) is 6.26 Å². The Morgan fingerprint density at radius 3 is 2.89 bits per heavy atom. The summed E-state index contributed by atoms with van der Waals surface area (Å²) in [6.45, 7) is 1.98. The number of hydrogen-bond donors (Lipinski definition) is 0. The fourth-order valence-corrected chi connectivity index (χ4v) is 3.35. The van der Waals surface area contributed by atoms with Crippen molar-refractivity contribution < 1.29 is 9.59 Å². The summed E-state index contributed by atoms with van der Waals surface area (Å²) in [5, 5.41) is 0.837. The van der Waals surface area contributed by atoms with Crippen LogP contribution in [0.3, 0.4) is 0 Å². The molecule has 0 aliphatic carbocycles. The van der Waals surface area contributed by atoms with E-state index in [1.54, 1.807) is 11.0 Å². The summed E-state index contributed by atoms with van der Waals surface area (Å²) in [5.41, 5.74) is 0. The zero-order valence-electron chi connectivity index (χ0n) is 10.4. The first-order valence-corrected chi connectivity index (χ1v) is 8.04. The van der Waals surface area contributed by atoms with Crippen LogP contribution >= 0.6 is 35.1 Å². The third kappa shape index (κ3) is 3.61. The van der Waals surface area contributed by atoms with Crippen LogP contribution in [0.1, 0.15) is 13.3 Å². The standard InChI is InChI=1S/C11H12ClN3O2S2/c1-6(16)19-7-3-10(17)15(5-7)9-4-8(12)13-11(14-9)18-2/h4,7H,3,5H2,1-2H3. The van der Waals surface area contributed by atoms with Crippen LogP contribution in [-0.4, -0.2) is 39.0 Å². The maximum Gasteiger partial charge on any atom is 0.229 e. The van der Waals surface area contributed by atoms with Crippen LogP contribution in [0.15, 0.2) is 11.2 Å². The first-order valence-electron chi connectivity index (χ1n) is 5.55. The number of carbonyl (C=O) groups is 2.